The third-order valence-electron chi connectivity index (χ3n) is 5.74. The minimum absolute atomic E-state index is 0.0867. The van der Waals surface area contributed by atoms with Crippen molar-refractivity contribution >= 4 is 40.0 Å². The van der Waals surface area contributed by atoms with Crippen molar-refractivity contribution in [3.63, 3.8) is 0 Å². The number of carbonyl (C=O) groups excluding carboxylic acids is 3. The summed E-state index contributed by atoms with van der Waals surface area (Å²) in [7, 11) is -1.43. The van der Waals surface area contributed by atoms with E-state index in [1.807, 2.05) is 0 Å². The summed E-state index contributed by atoms with van der Waals surface area (Å²) in [6.45, 7) is 1.61. The van der Waals surface area contributed by atoms with E-state index in [4.69, 9.17) is 0 Å². The van der Waals surface area contributed by atoms with Crippen molar-refractivity contribution in [3.8, 4) is 0 Å². The van der Waals surface area contributed by atoms with E-state index in [9.17, 15) is 23.5 Å². The van der Waals surface area contributed by atoms with Crippen LogP contribution in [0.1, 0.15) is 46.4 Å². The van der Waals surface area contributed by atoms with Crippen LogP contribution in [0.25, 0.3) is 0 Å². The van der Waals surface area contributed by atoms with Gasteiger partial charge in [-0.05, 0) is 61.2 Å². The molecule has 4 rings (SSSR count). The second kappa shape index (κ2) is 10.0. The first-order chi connectivity index (χ1) is 16.0. The lowest BCUT2D eigenvalue weighted by atomic mass is 10.1. The van der Waals surface area contributed by atoms with E-state index in [1.165, 1.54) is 17.0 Å². The number of hydrogen-bond donors (Lipinski definition) is 1. The molecule has 1 N–H and O–H groups in total. The fourth-order valence-electron chi connectivity index (χ4n) is 4.03. The Hall–Kier alpha value is -3.40. The van der Waals surface area contributed by atoms with Crippen LogP contribution in [-0.4, -0.2) is 57.2 Å². The third kappa shape index (κ3) is 5.00. The van der Waals surface area contributed by atoms with Crippen molar-refractivity contribution in [1.29, 1.82) is 0 Å². The maximum atomic E-state index is 12.8. The highest BCUT2D eigenvalue weighted by Crippen LogP contribution is 2.26. The van der Waals surface area contributed by atoms with Gasteiger partial charge in [0, 0.05) is 36.0 Å². The van der Waals surface area contributed by atoms with Crippen molar-refractivity contribution in [1.82, 2.24) is 9.80 Å². The van der Waals surface area contributed by atoms with Gasteiger partial charge in [0.1, 0.15) is 5.69 Å². The van der Waals surface area contributed by atoms with Crippen LogP contribution in [0.5, 0.6) is 0 Å². The van der Waals surface area contributed by atoms with Crippen LogP contribution in [0.15, 0.2) is 52.5 Å². The Morgan fingerprint density at radius 2 is 1.67 bits per heavy atom. The number of urea groups is 1. The minimum Gasteiger partial charge on any atom is -0.325 e. The monoisotopic (exact) mass is 468 g/mol. The largest absolute Gasteiger partial charge is 0.325 e. The summed E-state index contributed by atoms with van der Waals surface area (Å²) in [5.74, 6) is -0.329. The lowest BCUT2D eigenvalue weighted by molar-refractivity contribution is 0.0652. The molecule has 2 aromatic carbocycles. The smallest absolute Gasteiger partial charge is 0.321 e. The highest BCUT2D eigenvalue weighted by Gasteiger charge is 2.34. The van der Waals surface area contributed by atoms with Crippen molar-refractivity contribution in [2.24, 2.45) is 5.18 Å². The number of likely N-dealkylation sites (tertiary alicyclic amines) is 1. The molecular weight excluding hydrogens is 444 g/mol. The van der Waals surface area contributed by atoms with E-state index in [0.29, 0.717) is 47.6 Å². The molecule has 0 aliphatic carbocycles. The second-order valence-corrected chi connectivity index (χ2v) is 9.57. The molecule has 1 fully saturated rings. The first-order valence-electron chi connectivity index (χ1n) is 10.9. The Kier molecular flexibility index (Phi) is 6.93. The summed E-state index contributed by atoms with van der Waals surface area (Å²) >= 11 is 0. The molecular formula is C23H24N4O5S. The summed E-state index contributed by atoms with van der Waals surface area (Å²) in [5, 5.41) is 5.68. The first kappa shape index (κ1) is 22.8. The number of rotatable bonds is 8. The van der Waals surface area contributed by atoms with Gasteiger partial charge in [-0.3, -0.25) is 18.7 Å². The zero-order valence-corrected chi connectivity index (χ0v) is 18.8. The molecule has 1 unspecified atom stereocenters. The average Bonchev–Trinajstić information content (AvgIpc) is 3.45. The number of imide groups is 1. The SMILES string of the molecule is O=Nc1cc(NC(=O)N2CCCC2)cc(S(=O)CCCCN2C(=O)c3ccccc3C2=O)c1. The van der Waals surface area contributed by atoms with Gasteiger partial charge in [-0.25, -0.2) is 4.79 Å². The number of fused-ring (bicyclic) bond motifs is 1. The Morgan fingerprint density at radius 3 is 2.30 bits per heavy atom. The summed E-state index contributed by atoms with van der Waals surface area (Å²) < 4.78 is 12.8. The Labute approximate surface area is 193 Å². The minimum atomic E-state index is -1.43. The van der Waals surface area contributed by atoms with Gasteiger partial charge in [-0.2, -0.15) is 0 Å². The number of unbranched alkanes of at least 4 members (excludes halogenated alkanes) is 1. The van der Waals surface area contributed by atoms with E-state index in [2.05, 4.69) is 10.5 Å². The van der Waals surface area contributed by atoms with Gasteiger partial charge in [0.2, 0.25) is 0 Å². The van der Waals surface area contributed by atoms with Crippen LogP contribution < -0.4 is 5.32 Å². The lowest BCUT2D eigenvalue weighted by Crippen LogP contribution is -2.32. The van der Waals surface area contributed by atoms with E-state index >= 15 is 0 Å². The van der Waals surface area contributed by atoms with Gasteiger partial charge < -0.3 is 10.2 Å². The van der Waals surface area contributed by atoms with Gasteiger partial charge in [-0.15, -0.1) is 4.91 Å². The van der Waals surface area contributed by atoms with Crippen molar-refractivity contribution in [2.75, 3.05) is 30.7 Å². The number of hydrogen-bond acceptors (Lipinski definition) is 6. The van der Waals surface area contributed by atoms with E-state index in [1.54, 1.807) is 35.2 Å². The molecule has 4 amide bonds. The number of amides is 4. The predicted molar refractivity (Wildman–Crippen MR) is 124 cm³/mol. The molecule has 2 aliphatic heterocycles. The highest BCUT2D eigenvalue weighted by molar-refractivity contribution is 7.85. The highest BCUT2D eigenvalue weighted by atomic mass is 32.2. The molecule has 0 aromatic heterocycles. The number of carbonyl (C=O) groups is 3. The molecule has 2 heterocycles. The van der Waals surface area contributed by atoms with Crippen LogP contribution in [-0.2, 0) is 10.8 Å². The fraction of sp³-hybridized carbons (Fsp3) is 0.348. The molecule has 1 saturated heterocycles. The van der Waals surface area contributed by atoms with Crippen molar-refractivity contribution < 1.29 is 18.6 Å². The second-order valence-electron chi connectivity index (χ2n) is 8.00. The maximum absolute atomic E-state index is 12.8. The molecule has 2 aliphatic rings. The van der Waals surface area contributed by atoms with E-state index < -0.39 is 10.8 Å². The molecule has 1 atom stereocenters. The summed E-state index contributed by atoms with van der Waals surface area (Å²) in [4.78, 5) is 51.6. The van der Waals surface area contributed by atoms with Gasteiger partial charge in [-0.1, -0.05) is 12.1 Å². The molecule has 0 spiro atoms. The Balaban J connectivity index is 1.33. The number of benzene rings is 2. The zero-order chi connectivity index (χ0) is 23.4. The average molecular weight is 469 g/mol. The maximum Gasteiger partial charge on any atom is 0.321 e. The molecule has 0 saturated carbocycles. The standard InChI is InChI=1S/C23H24N4O5S/c28-21-19-7-1-2-8-20(19)22(29)27(21)11-5-6-12-33(32)18-14-16(13-17(15-18)25-31)24-23(30)26-9-3-4-10-26/h1-2,7-8,13-15H,3-6,9-12H2,(H,24,30). The number of nitrogens with zero attached hydrogens (tertiary/aromatic N) is 3. The van der Waals surface area contributed by atoms with E-state index in [-0.39, 0.29) is 35.8 Å². The molecule has 10 heteroatoms. The van der Waals surface area contributed by atoms with Gasteiger partial charge in [0.25, 0.3) is 11.8 Å². The molecule has 2 aromatic rings. The number of anilines is 1. The molecule has 172 valence electrons. The summed E-state index contributed by atoms with van der Waals surface area (Å²) in [5.41, 5.74) is 1.28. The Morgan fingerprint density at radius 1 is 1.00 bits per heavy atom. The van der Waals surface area contributed by atoms with Crippen molar-refractivity contribution in [3.05, 3.63) is 58.5 Å². The normalized spacial score (nSPS) is 16.1. The molecule has 33 heavy (non-hydrogen) atoms. The lowest BCUT2D eigenvalue weighted by Gasteiger charge is -2.17. The zero-order valence-electron chi connectivity index (χ0n) is 18.0. The van der Waals surface area contributed by atoms with Crippen LogP contribution >= 0.6 is 0 Å². The molecule has 9 nitrogen and oxygen atoms in total. The molecule has 0 radical (unpaired) electrons. The first-order valence-corrected chi connectivity index (χ1v) is 12.2. The topological polar surface area (TPSA) is 116 Å². The van der Waals surface area contributed by atoms with Gasteiger partial charge >= 0.3 is 6.03 Å². The van der Waals surface area contributed by atoms with E-state index in [0.717, 1.165) is 12.8 Å². The fourth-order valence-corrected chi connectivity index (χ4v) is 5.24. The van der Waals surface area contributed by atoms with Crippen LogP contribution in [0.2, 0.25) is 0 Å². The van der Waals surface area contributed by atoms with Crippen molar-refractivity contribution in [2.45, 2.75) is 30.6 Å². The summed E-state index contributed by atoms with van der Waals surface area (Å²) in [6, 6.07) is 10.9. The predicted octanol–water partition coefficient (Wildman–Crippen LogP) is 3.90. The van der Waals surface area contributed by atoms with Crippen LogP contribution in [0.4, 0.5) is 16.2 Å². The Bertz CT molecular complexity index is 1090. The van der Waals surface area contributed by atoms with Gasteiger partial charge in [0.05, 0.1) is 21.9 Å². The molecule has 0 bridgehead atoms. The van der Waals surface area contributed by atoms with Crippen LogP contribution in [0, 0.1) is 4.91 Å². The quantitative estimate of drug-likeness (QED) is 0.358. The third-order valence-corrected chi connectivity index (χ3v) is 7.16. The number of nitroso groups, excluding NO2 is 1. The van der Waals surface area contributed by atoms with Gasteiger partial charge in [0.15, 0.2) is 0 Å². The number of nitrogens with one attached hydrogen (secondary N) is 1. The summed E-state index contributed by atoms with van der Waals surface area (Å²) in [6.07, 6.45) is 2.92. The van der Waals surface area contributed by atoms with Crippen LogP contribution in [0.3, 0.4) is 0 Å².